The lowest BCUT2D eigenvalue weighted by Crippen LogP contribution is -2.58. The van der Waals surface area contributed by atoms with E-state index in [9.17, 15) is 22.8 Å². The summed E-state index contributed by atoms with van der Waals surface area (Å²) in [6.07, 6.45) is 10.2. The Morgan fingerprint density at radius 2 is 1.92 bits per heavy atom. The van der Waals surface area contributed by atoms with Crippen molar-refractivity contribution in [2.24, 2.45) is 5.92 Å². The summed E-state index contributed by atoms with van der Waals surface area (Å²) in [6, 6.07) is 5.89. The third kappa shape index (κ3) is 7.59. The Labute approximate surface area is 304 Å². The highest BCUT2D eigenvalue weighted by atomic mass is 32.2. The van der Waals surface area contributed by atoms with Crippen LogP contribution in [0, 0.1) is 12.8 Å². The molecule has 2 fully saturated rings. The largest absolute Gasteiger partial charge is 0.496 e. The first-order valence-electron chi connectivity index (χ1n) is 18.0. The SMILES string of the molecule is CCCn1ccc(-c2cc(OCCC3NC(=O)N(C)CCCC/C=C\C4C[C@@]4(C(=O)NS(=O)(=O)C4(C)CC4)NC3=O)c3ccc(OC)c(C)c3n2)n1. The number of pyridine rings is 1. The molecular weight excluding hydrogens is 687 g/mol. The molecule has 0 saturated heterocycles. The molecule has 0 radical (unpaired) electrons. The van der Waals surface area contributed by atoms with Gasteiger partial charge < -0.3 is 25.0 Å². The van der Waals surface area contributed by atoms with Gasteiger partial charge in [0.25, 0.3) is 5.91 Å². The van der Waals surface area contributed by atoms with E-state index in [1.54, 1.807) is 21.1 Å². The number of carbonyl (C=O) groups excluding carboxylic acids is 3. The molecule has 3 N–H and O–H groups in total. The molecule has 0 spiro atoms. The summed E-state index contributed by atoms with van der Waals surface area (Å²) >= 11 is 0. The van der Waals surface area contributed by atoms with E-state index in [1.807, 2.05) is 54.2 Å². The maximum Gasteiger partial charge on any atom is 0.317 e. The van der Waals surface area contributed by atoms with Crippen LogP contribution < -0.4 is 24.8 Å². The highest BCUT2D eigenvalue weighted by Crippen LogP contribution is 2.47. The lowest BCUT2D eigenvalue weighted by Gasteiger charge is -2.26. The van der Waals surface area contributed by atoms with Crippen LogP contribution in [0.15, 0.2) is 42.6 Å². The number of allylic oxidation sites excluding steroid dienone is 1. The molecule has 0 bridgehead atoms. The van der Waals surface area contributed by atoms with E-state index in [-0.39, 0.29) is 25.4 Å². The number of aromatic nitrogens is 3. The van der Waals surface area contributed by atoms with Crippen molar-refractivity contribution in [3.8, 4) is 22.9 Å². The van der Waals surface area contributed by atoms with Crippen molar-refractivity contribution in [2.45, 2.75) is 95.0 Å². The summed E-state index contributed by atoms with van der Waals surface area (Å²) in [4.78, 5) is 47.4. The van der Waals surface area contributed by atoms with Gasteiger partial charge in [-0.3, -0.25) is 19.0 Å². The second-order valence-electron chi connectivity index (χ2n) is 14.4. The van der Waals surface area contributed by atoms with Gasteiger partial charge in [0.2, 0.25) is 15.9 Å². The fourth-order valence-corrected chi connectivity index (χ4v) is 7.87. The predicted molar refractivity (Wildman–Crippen MR) is 196 cm³/mol. The van der Waals surface area contributed by atoms with Crippen LogP contribution in [0.25, 0.3) is 22.3 Å². The van der Waals surface area contributed by atoms with Crippen molar-refractivity contribution in [1.82, 2.24) is 35.0 Å². The number of aryl methyl sites for hydroxylation is 2. The van der Waals surface area contributed by atoms with E-state index >= 15 is 0 Å². The third-order valence-electron chi connectivity index (χ3n) is 10.4. The highest BCUT2D eigenvalue weighted by molar-refractivity contribution is 7.91. The number of benzene rings is 1. The molecular formula is C37H49N7O7S. The van der Waals surface area contributed by atoms with E-state index < -0.39 is 44.2 Å². The quantitative estimate of drug-likeness (QED) is 0.244. The maximum atomic E-state index is 14.0. The lowest BCUT2D eigenvalue weighted by atomic mass is 10.1. The number of nitrogens with one attached hydrogen (secondary N) is 3. The van der Waals surface area contributed by atoms with Crippen LogP contribution in [0.3, 0.4) is 0 Å². The van der Waals surface area contributed by atoms with Crippen LogP contribution in [0.4, 0.5) is 4.79 Å². The van der Waals surface area contributed by atoms with Crippen molar-refractivity contribution < 1.29 is 32.3 Å². The predicted octanol–water partition coefficient (Wildman–Crippen LogP) is 4.22. The molecule has 3 heterocycles. The Hall–Kier alpha value is -4.66. The fourth-order valence-electron chi connectivity index (χ4n) is 6.56. The number of ether oxygens (including phenoxy) is 2. The van der Waals surface area contributed by atoms with Crippen LogP contribution >= 0.6 is 0 Å². The van der Waals surface area contributed by atoms with Crippen LogP contribution in [0.2, 0.25) is 0 Å². The highest BCUT2D eigenvalue weighted by Gasteiger charge is 2.62. The monoisotopic (exact) mass is 735 g/mol. The van der Waals surface area contributed by atoms with Crippen molar-refractivity contribution in [2.75, 3.05) is 27.3 Å². The summed E-state index contributed by atoms with van der Waals surface area (Å²) in [5.41, 5.74) is 1.33. The molecule has 4 amide bonds. The summed E-state index contributed by atoms with van der Waals surface area (Å²) in [5, 5.41) is 11.1. The van der Waals surface area contributed by atoms with Gasteiger partial charge in [0.1, 0.15) is 28.8 Å². The van der Waals surface area contributed by atoms with Gasteiger partial charge in [-0.05, 0) is 77.0 Å². The molecule has 1 aromatic carbocycles. The number of nitrogens with zero attached hydrogens (tertiary/aromatic N) is 4. The molecule has 2 saturated carbocycles. The molecule has 2 unspecified atom stereocenters. The summed E-state index contributed by atoms with van der Waals surface area (Å²) in [5.74, 6) is -0.571. The van der Waals surface area contributed by atoms with Crippen molar-refractivity contribution in [3.63, 3.8) is 0 Å². The Balaban J connectivity index is 1.26. The molecule has 2 aliphatic carbocycles. The second-order valence-corrected chi connectivity index (χ2v) is 16.6. The van der Waals surface area contributed by atoms with Crippen molar-refractivity contribution in [3.05, 3.63) is 48.2 Å². The number of urea groups is 1. The first kappa shape index (κ1) is 37.1. The van der Waals surface area contributed by atoms with Gasteiger partial charge >= 0.3 is 6.03 Å². The minimum absolute atomic E-state index is 0.0191. The zero-order chi connectivity index (χ0) is 37.3. The van der Waals surface area contributed by atoms with Gasteiger partial charge in [0, 0.05) is 55.7 Å². The topological polar surface area (TPSA) is 174 Å². The summed E-state index contributed by atoms with van der Waals surface area (Å²) in [6.45, 7) is 6.89. The van der Waals surface area contributed by atoms with E-state index in [0.717, 1.165) is 43.2 Å². The first-order chi connectivity index (χ1) is 24.8. The van der Waals surface area contributed by atoms with Gasteiger partial charge in [-0.15, -0.1) is 0 Å². The Bertz CT molecular complexity index is 1990. The van der Waals surface area contributed by atoms with Crippen molar-refractivity contribution in [1.29, 1.82) is 0 Å². The Kier molecular flexibility index (Phi) is 10.5. The number of hydrogen-bond donors (Lipinski definition) is 3. The maximum absolute atomic E-state index is 14.0. The van der Waals surface area contributed by atoms with Crippen LogP contribution in [0.5, 0.6) is 11.5 Å². The van der Waals surface area contributed by atoms with E-state index in [2.05, 4.69) is 22.3 Å². The standard InChI is InChI=1S/C37H49N7O7S/c1-6-18-44-20-14-27(41-44)29-22-31(26-12-13-30(50-5)24(2)32(26)38-29)51-21-15-28-33(45)40-37(34(46)42-52(48,49)36(3)16-17-36)23-25(37)11-9-7-8-10-19-43(4)35(47)39-28/h9,11-14,20,22,25,28H,6-8,10,15-19,21,23H2,1-5H3,(H,39,47)(H,40,45)(H,42,46)/b11-9-/t25?,28?,37-/m1/s1. The number of methoxy groups -OCH3 is 1. The molecule has 52 heavy (non-hydrogen) atoms. The molecule has 3 aromatic rings. The van der Waals surface area contributed by atoms with Gasteiger partial charge in [0.05, 0.1) is 29.7 Å². The third-order valence-corrected chi connectivity index (χ3v) is 12.6. The fraction of sp³-hybridized carbons (Fsp3) is 0.541. The van der Waals surface area contributed by atoms with E-state index in [0.29, 0.717) is 47.8 Å². The second kappa shape index (κ2) is 14.8. The van der Waals surface area contributed by atoms with Crippen LogP contribution in [-0.2, 0) is 26.2 Å². The minimum atomic E-state index is -3.94. The smallest absolute Gasteiger partial charge is 0.317 e. The average molecular weight is 736 g/mol. The van der Waals surface area contributed by atoms with Crippen LogP contribution in [-0.4, -0.2) is 89.6 Å². The van der Waals surface area contributed by atoms with Gasteiger partial charge in [-0.1, -0.05) is 19.1 Å². The number of hydrogen-bond acceptors (Lipinski definition) is 9. The Morgan fingerprint density at radius 3 is 2.65 bits per heavy atom. The molecule has 280 valence electrons. The molecule has 14 nitrogen and oxygen atoms in total. The molecule has 2 aromatic heterocycles. The molecule has 1 aliphatic heterocycles. The van der Waals surface area contributed by atoms with Gasteiger partial charge in [0.15, 0.2) is 0 Å². The number of rotatable bonds is 11. The number of fused-ring (bicyclic) bond motifs is 2. The lowest BCUT2D eigenvalue weighted by molar-refractivity contribution is -0.130. The summed E-state index contributed by atoms with van der Waals surface area (Å²) in [7, 11) is -0.671. The molecule has 3 aliphatic rings. The van der Waals surface area contributed by atoms with Gasteiger partial charge in [-0.25, -0.2) is 18.2 Å². The molecule has 15 heteroatoms. The molecule has 6 rings (SSSR count). The molecule has 3 atom stereocenters. The van der Waals surface area contributed by atoms with Gasteiger partial charge in [-0.2, -0.15) is 5.10 Å². The van der Waals surface area contributed by atoms with Crippen molar-refractivity contribution >= 4 is 38.8 Å². The van der Waals surface area contributed by atoms with E-state index in [4.69, 9.17) is 19.6 Å². The zero-order valence-corrected chi connectivity index (χ0v) is 31.3. The number of amides is 4. The Morgan fingerprint density at radius 1 is 1.13 bits per heavy atom. The average Bonchev–Trinajstić information content (AvgIpc) is 3.98. The van der Waals surface area contributed by atoms with Crippen LogP contribution in [0.1, 0.15) is 70.8 Å². The minimum Gasteiger partial charge on any atom is -0.496 e. The normalized spacial score (nSPS) is 23.8. The number of sulfonamides is 1. The first-order valence-corrected chi connectivity index (χ1v) is 19.5. The zero-order valence-electron chi connectivity index (χ0n) is 30.5. The summed E-state index contributed by atoms with van der Waals surface area (Å²) < 4.78 is 41.1. The number of carbonyl (C=O) groups is 3. The van der Waals surface area contributed by atoms with E-state index in [1.165, 1.54) is 4.90 Å².